The van der Waals surface area contributed by atoms with E-state index in [4.69, 9.17) is 16.3 Å². The van der Waals surface area contributed by atoms with Crippen LogP contribution in [0.5, 0.6) is 5.75 Å². The standard InChI is InChI=1S/C24H19ClN4O3/c1-32-18-13-11-16(12-14-18)22-15-21(28-29(22)17-7-3-2-4-8-17)24(31)27-26-23(30)19-9-5-6-10-20(19)25/h2-15H,1H3,(H,26,30)(H,27,31). The molecule has 0 fully saturated rings. The van der Waals surface area contributed by atoms with Crippen molar-refractivity contribution in [2.45, 2.75) is 0 Å². The van der Waals surface area contributed by atoms with E-state index in [0.29, 0.717) is 5.69 Å². The summed E-state index contributed by atoms with van der Waals surface area (Å²) in [7, 11) is 1.60. The molecule has 32 heavy (non-hydrogen) atoms. The minimum absolute atomic E-state index is 0.138. The Labute approximate surface area is 189 Å². The number of methoxy groups -OCH3 is 1. The van der Waals surface area contributed by atoms with Crippen LogP contribution in [-0.4, -0.2) is 28.7 Å². The summed E-state index contributed by atoms with van der Waals surface area (Å²) in [6.45, 7) is 0. The molecule has 0 aliphatic rings. The predicted molar refractivity (Wildman–Crippen MR) is 122 cm³/mol. The largest absolute Gasteiger partial charge is 0.497 e. The number of nitrogens with zero attached hydrogens (tertiary/aromatic N) is 2. The van der Waals surface area contributed by atoms with Crippen LogP contribution < -0.4 is 15.6 Å². The Bertz CT molecular complexity index is 1250. The molecule has 0 aliphatic heterocycles. The number of rotatable bonds is 5. The number of hydrazine groups is 1. The van der Waals surface area contributed by atoms with Crippen molar-refractivity contribution < 1.29 is 14.3 Å². The van der Waals surface area contributed by atoms with E-state index >= 15 is 0 Å². The highest BCUT2D eigenvalue weighted by molar-refractivity contribution is 6.33. The van der Waals surface area contributed by atoms with Crippen molar-refractivity contribution in [2.24, 2.45) is 0 Å². The summed E-state index contributed by atoms with van der Waals surface area (Å²) >= 11 is 6.03. The number of hydrogen-bond donors (Lipinski definition) is 2. The zero-order chi connectivity index (χ0) is 22.5. The Kier molecular flexibility index (Phi) is 6.19. The van der Waals surface area contributed by atoms with Gasteiger partial charge in [-0.1, -0.05) is 41.9 Å². The second kappa shape index (κ2) is 9.36. The molecule has 3 aromatic carbocycles. The van der Waals surface area contributed by atoms with Gasteiger partial charge in [0.2, 0.25) is 0 Å². The molecule has 160 valence electrons. The molecule has 1 aromatic heterocycles. The molecular formula is C24H19ClN4O3. The summed E-state index contributed by atoms with van der Waals surface area (Å²) < 4.78 is 6.90. The molecule has 2 amide bonds. The first-order valence-electron chi connectivity index (χ1n) is 9.72. The molecule has 2 N–H and O–H groups in total. The molecule has 1 heterocycles. The second-order valence-corrected chi connectivity index (χ2v) is 7.19. The number of hydrogen-bond acceptors (Lipinski definition) is 4. The minimum atomic E-state index is -0.560. The van der Waals surface area contributed by atoms with Crippen molar-refractivity contribution in [3.05, 3.63) is 101 Å². The first kappa shape index (κ1) is 21.1. The van der Waals surface area contributed by atoms with Crippen LogP contribution in [0.15, 0.2) is 84.9 Å². The lowest BCUT2D eigenvalue weighted by atomic mass is 10.1. The second-order valence-electron chi connectivity index (χ2n) is 6.78. The van der Waals surface area contributed by atoms with Crippen LogP contribution >= 0.6 is 11.6 Å². The smallest absolute Gasteiger partial charge is 0.290 e. The van der Waals surface area contributed by atoms with Crippen molar-refractivity contribution in [3.63, 3.8) is 0 Å². The average molecular weight is 447 g/mol. The quantitative estimate of drug-likeness (QED) is 0.448. The number of amides is 2. The number of carbonyl (C=O) groups is 2. The molecule has 0 saturated heterocycles. The molecule has 0 unspecified atom stereocenters. The highest BCUT2D eigenvalue weighted by Gasteiger charge is 2.18. The van der Waals surface area contributed by atoms with Crippen molar-refractivity contribution in [3.8, 4) is 22.7 Å². The van der Waals surface area contributed by atoms with Gasteiger partial charge < -0.3 is 4.74 Å². The van der Waals surface area contributed by atoms with Gasteiger partial charge in [0.25, 0.3) is 11.8 Å². The van der Waals surface area contributed by atoms with Gasteiger partial charge in [-0.25, -0.2) is 4.68 Å². The van der Waals surface area contributed by atoms with Crippen molar-refractivity contribution in [1.82, 2.24) is 20.6 Å². The van der Waals surface area contributed by atoms with Crippen molar-refractivity contribution in [1.29, 1.82) is 0 Å². The maximum Gasteiger partial charge on any atom is 0.290 e. The van der Waals surface area contributed by atoms with E-state index in [2.05, 4.69) is 16.0 Å². The minimum Gasteiger partial charge on any atom is -0.497 e. The van der Waals surface area contributed by atoms with Gasteiger partial charge in [0.1, 0.15) is 5.75 Å². The normalized spacial score (nSPS) is 10.4. The number of ether oxygens (including phenoxy) is 1. The average Bonchev–Trinajstić information content (AvgIpc) is 3.29. The van der Waals surface area contributed by atoms with Crippen molar-refractivity contribution in [2.75, 3.05) is 7.11 Å². The van der Waals surface area contributed by atoms with Crippen LogP contribution in [0.3, 0.4) is 0 Å². The summed E-state index contributed by atoms with van der Waals surface area (Å²) in [6.07, 6.45) is 0. The molecule has 0 atom stereocenters. The van der Waals surface area contributed by atoms with E-state index in [-0.39, 0.29) is 16.3 Å². The van der Waals surface area contributed by atoms with E-state index in [1.807, 2.05) is 54.6 Å². The van der Waals surface area contributed by atoms with Gasteiger partial charge in [0, 0.05) is 5.56 Å². The lowest BCUT2D eigenvalue weighted by molar-refractivity contribution is 0.0844. The topological polar surface area (TPSA) is 85.2 Å². The van der Waals surface area contributed by atoms with Crippen LogP contribution in [0.4, 0.5) is 0 Å². The van der Waals surface area contributed by atoms with Crippen LogP contribution in [0, 0.1) is 0 Å². The molecular weight excluding hydrogens is 428 g/mol. The first-order valence-corrected chi connectivity index (χ1v) is 10.1. The van der Waals surface area contributed by atoms with Gasteiger partial charge in [0.05, 0.1) is 29.1 Å². The fourth-order valence-electron chi connectivity index (χ4n) is 3.12. The van der Waals surface area contributed by atoms with Gasteiger partial charge in [-0.2, -0.15) is 5.10 Å². The predicted octanol–water partition coefficient (Wildman–Crippen LogP) is 4.28. The third kappa shape index (κ3) is 4.48. The Balaban J connectivity index is 1.61. The fraction of sp³-hybridized carbons (Fsp3) is 0.0417. The van der Waals surface area contributed by atoms with E-state index in [9.17, 15) is 9.59 Å². The maximum atomic E-state index is 12.7. The third-order valence-electron chi connectivity index (χ3n) is 4.74. The van der Waals surface area contributed by atoms with Crippen LogP contribution in [0.2, 0.25) is 5.02 Å². The van der Waals surface area contributed by atoms with E-state index in [0.717, 1.165) is 17.0 Å². The summed E-state index contributed by atoms with van der Waals surface area (Å²) in [5.74, 6) is -0.364. The Hall–Kier alpha value is -4.10. The monoisotopic (exact) mass is 446 g/mol. The fourth-order valence-corrected chi connectivity index (χ4v) is 3.34. The molecule has 8 heteroatoms. The summed E-state index contributed by atoms with van der Waals surface area (Å²) in [6, 6.07) is 25.1. The van der Waals surface area contributed by atoms with Crippen molar-refractivity contribution >= 4 is 23.4 Å². The SMILES string of the molecule is COc1ccc(-c2cc(C(=O)NNC(=O)c3ccccc3Cl)nn2-c2ccccc2)cc1. The lowest BCUT2D eigenvalue weighted by Crippen LogP contribution is -2.41. The summed E-state index contributed by atoms with van der Waals surface area (Å²) in [4.78, 5) is 25.1. The highest BCUT2D eigenvalue weighted by Crippen LogP contribution is 2.26. The van der Waals surface area contributed by atoms with Gasteiger partial charge in [-0.3, -0.25) is 20.4 Å². The molecule has 0 spiro atoms. The zero-order valence-corrected chi connectivity index (χ0v) is 17.8. The molecule has 0 bridgehead atoms. The number of benzene rings is 3. The third-order valence-corrected chi connectivity index (χ3v) is 5.07. The number of para-hydroxylation sites is 1. The lowest BCUT2D eigenvalue weighted by Gasteiger charge is -2.08. The summed E-state index contributed by atoms with van der Waals surface area (Å²) in [5, 5.41) is 4.75. The molecule has 7 nitrogen and oxygen atoms in total. The van der Waals surface area contributed by atoms with Gasteiger partial charge in [-0.05, 0) is 54.6 Å². The van der Waals surface area contributed by atoms with Crippen LogP contribution in [0.25, 0.3) is 16.9 Å². The highest BCUT2D eigenvalue weighted by atomic mass is 35.5. The van der Waals surface area contributed by atoms with Crippen LogP contribution in [-0.2, 0) is 0 Å². The number of halogens is 1. The Morgan fingerprint density at radius 1 is 0.875 bits per heavy atom. The first-order chi connectivity index (χ1) is 15.6. The summed E-state index contributed by atoms with van der Waals surface area (Å²) in [5.41, 5.74) is 7.50. The maximum absolute atomic E-state index is 12.7. The molecule has 4 rings (SSSR count). The number of carbonyl (C=O) groups excluding carboxylic acids is 2. The number of nitrogens with one attached hydrogen (secondary N) is 2. The Morgan fingerprint density at radius 2 is 1.53 bits per heavy atom. The molecule has 0 aliphatic carbocycles. The van der Waals surface area contributed by atoms with E-state index in [1.54, 1.807) is 42.1 Å². The number of aromatic nitrogens is 2. The van der Waals surface area contributed by atoms with Gasteiger partial charge >= 0.3 is 0 Å². The molecule has 0 radical (unpaired) electrons. The van der Waals surface area contributed by atoms with Gasteiger partial charge in [0.15, 0.2) is 5.69 Å². The van der Waals surface area contributed by atoms with E-state index in [1.165, 1.54) is 0 Å². The zero-order valence-electron chi connectivity index (χ0n) is 17.1. The molecule has 4 aromatic rings. The van der Waals surface area contributed by atoms with E-state index < -0.39 is 11.8 Å². The van der Waals surface area contributed by atoms with Gasteiger partial charge in [-0.15, -0.1) is 0 Å². The Morgan fingerprint density at radius 3 is 2.22 bits per heavy atom. The molecule has 0 saturated carbocycles. The van der Waals surface area contributed by atoms with Crippen LogP contribution in [0.1, 0.15) is 20.8 Å².